The van der Waals surface area contributed by atoms with Crippen LogP contribution in [-0.2, 0) is 0 Å². The summed E-state index contributed by atoms with van der Waals surface area (Å²) >= 11 is 0. The van der Waals surface area contributed by atoms with E-state index >= 15 is 0 Å². The fourth-order valence-electron chi connectivity index (χ4n) is 6.57. The van der Waals surface area contributed by atoms with E-state index in [4.69, 9.17) is 5.73 Å². The van der Waals surface area contributed by atoms with E-state index in [9.17, 15) is 0 Å². The summed E-state index contributed by atoms with van der Waals surface area (Å²) < 4.78 is 0. The summed E-state index contributed by atoms with van der Waals surface area (Å²) in [5.41, 5.74) is 7.09. The first kappa shape index (κ1) is 17.3. The zero-order valence-electron chi connectivity index (χ0n) is 15.4. The standard InChI is InChI=1S/C20H39N/c1-7-11-19(4,5)17-10-12-20(6)16(14(2)13-21)8-9-18(20)15(17)3/h14-18H,7-13,21H2,1-6H3/t14-,15?,16?,17?,18?,20-/m1/s1. The van der Waals surface area contributed by atoms with Gasteiger partial charge < -0.3 is 5.73 Å². The molecule has 0 aliphatic heterocycles. The van der Waals surface area contributed by atoms with Crippen LogP contribution >= 0.6 is 0 Å². The molecule has 0 heterocycles. The molecule has 2 rings (SSSR count). The summed E-state index contributed by atoms with van der Waals surface area (Å²) in [5.74, 6) is 4.31. The largest absolute Gasteiger partial charge is 0.330 e. The predicted octanol–water partition coefficient (Wildman–Crippen LogP) is 5.49. The van der Waals surface area contributed by atoms with Crippen molar-refractivity contribution in [3.63, 3.8) is 0 Å². The van der Waals surface area contributed by atoms with Gasteiger partial charge in [-0.15, -0.1) is 0 Å². The van der Waals surface area contributed by atoms with Gasteiger partial charge in [0.15, 0.2) is 0 Å². The van der Waals surface area contributed by atoms with E-state index in [-0.39, 0.29) is 0 Å². The molecule has 0 bridgehead atoms. The lowest BCUT2D eigenvalue weighted by atomic mass is 9.52. The Bertz CT molecular complexity index is 348. The molecule has 21 heavy (non-hydrogen) atoms. The Morgan fingerprint density at radius 2 is 1.90 bits per heavy atom. The van der Waals surface area contributed by atoms with Crippen LogP contribution in [0.2, 0.25) is 0 Å². The molecular formula is C20H39N. The van der Waals surface area contributed by atoms with E-state index < -0.39 is 0 Å². The first-order valence-electron chi connectivity index (χ1n) is 9.48. The molecule has 2 saturated carbocycles. The summed E-state index contributed by atoms with van der Waals surface area (Å²) in [4.78, 5) is 0. The third-order valence-corrected chi connectivity index (χ3v) is 7.70. The molecule has 2 N–H and O–H groups in total. The summed E-state index contributed by atoms with van der Waals surface area (Å²) in [5, 5.41) is 0. The monoisotopic (exact) mass is 293 g/mol. The zero-order valence-corrected chi connectivity index (χ0v) is 15.4. The van der Waals surface area contributed by atoms with E-state index in [2.05, 4.69) is 41.5 Å². The molecule has 6 atom stereocenters. The lowest BCUT2D eigenvalue weighted by Crippen LogP contribution is -2.46. The van der Waals surface area contributed by atoms with E-state index in [0.717, 1.165) is 30.2 Å². The number of nitrogens with two attached hydrogens (primary N) is 1. The highest BCUT2D eigenvalue weighted by Gasteiger charge is 2.55. The quantitative estimate of drug-likeness (QED) is 0.713. The third-order valence-electron chi connectivity index (χ3n) is 7.70. The zero-order chi connectivity index (χ0) is 15.8. The van der Waals surface area contributed by atoms with Crippen LogP contribution in [0.4, 0.5) is 0 Å². The van der Waals surface area contributed by atoms with Crippen LogP contribution in [0.5, 0.6) is 0 Å². The number of hydrogen-bond acceptors (Lipinski definition) is 1. The molecule has 2 aliphatic carbocycles. The van der Waals surface area contributed by atoms with E-state index in [1.165, 1.54) is 38.5 Å². The van der Waals surface area contributed by atoms with Crippen molar-refractivity contribution in [3.8, 4) is 0 Å². The van der Waals surface area contributed by atoms with Gasteiger partial charge in [-0.05, 0) is 79.1 Å². The van der Waals surface area contributed by atoms with Gasteiger partial charge in [-0.25, -0.2) is 0 Å². The van der Waals surface area contributed by atoms with Crippen LogP contribution in [0.15, 0.2) is 0 Å². The Kier molecular flexibility index (Phi) is 5.13. The molecular weight excluding hydrogens is 254 g/mol. The minimum absolute atomic E-state index is 0.521. The maximum absolute atomic E-state index is 6.00. The van der Waals surface area contributed by atoms with E-state index in [1.54, 1.807) is 0 Å². The highest BCUT2D eigenvalue weighted by atomic mass is 14.6. The molecule has 0 aromatic carbocycles. The Morgan fingerprint density at radius 3 is 2.48 bits per heavy atom. The molecule has 0 spiro atoms. The van der Waals surface area contributed by atoms with Crippen LogP contribution in [0.1, 0.15) is 80.1 Å². The second-order valence-electron chi connectivity index (χ2n) is 9.25. The van der Waals surface area contributed by atoms with E-state index in [1.807, 2.05) is 0 Å². The van der Waals surface area contributed by atoms with Gasteiger partial charge in [-0.3, -0.25) is 0 Å². The van der Waals surface area contributed by atoms with Crippen LogP contribution in [0.25, 0.3) is 0 Å². The predicted molar refractivity (Wildman–Crippen MR) is 93.1 cm³/mol. The molecule has 0 aromatic heterocycles. The number of rotatable bonds is 5. The molecule has 2 aliphatic rings. The van der Waals surface area contributed by atoms with Crippen LogP contribution in [0.3, 0.4) is 0 Å². The third kappa shape index (κ3) is 2.92. The van der Waals surface area contributed by atoms with Crippen LogP contribution in [0, 0.1) is 40.4 Å². The number of hydrogen-bond donors (Lipinski definition) is 1. The average molecular weight is 294 g/mol. The minimum Gasteiger partial charge on any atom is -0.330 e. The fraction of sp³-hybridized carbons (Fsp3) is 1.00. The molecule has 124 valence electrons. The Hall–Kier alpha value is -0.0400. The van der Waals surface area contributed by atoms with Crippen molar-refractivity contribution in [1.82, 2.24) is 0 Å². The second-order valence-corrected chi connectivity index (χ2v) is 9.25. The van der Waals surface area contributed by atoms with Crippen molar-refractivity contribution in [2.24, 2.45) is 46.2 Å². The Morgan fingerprint density at radius 1 is 1.24 bits per heavy atom. The van der Waals surface area contributed by atoms with Crippen molar-refractivity contribution >= 4 is 0 Å². The molecule has 0 radical (unpaired) electrons. The lowest BCUT2D eigenvalue weighted by Gasteiger charge is -2.53. The second kappa shape index (κ2) is 6.22. The maximum Gasteiger partial charge on any atom is -0.00486 e. The van der Waals surface area contributed by atoms with Crippen LogP contribution in [-0.4, -0.2) is 6.54 Å². The highest BCUT2D eigenvalue weighted by molar-refractivity contribution is 5.04. The summed E-state index contributed by atoms with van der Waals surface area (Å²) in [6, 6.07) is 0. The topological polar surface area (TPSA) is 26.0 Å². The summed E-state index contributed by atoms with van der Waals surface area (Å²) in [6.07, 6.45) is 8.46. The van der Waals surface area contributed by atoms with Gasteiger partial charge in [0.05, 0.1) is 0 Å². The van der Waals surface area contributed by atoms with Gasteiger partial charge >= 0.3 is 0 Å². The SMILES string of the molecule is CCCC(C)(C)C1CC[C@@]2(C)C(CCC2[C@H](C)CN)C1C. The first-order chi connectivity index (χ1) is 9.78. The molecule has 0 aromatic rings. The van der Waals surface area contributed by atoms with Gasteiger partial charge in [0.25, 0.3) is 0 Å². The van der Waals surface area contributed by atoms with E-state index in [0.29, 0.717) is 16.7 Å². The molecule has 1 nitrogen and oxygen atoms in total. The fourth-order valence-corrected chi connectivity index (χ4v) is 6.57. The molecule has 0 amide bonds. The Balaban J connectivity index is 2.17. The molecule has 1 heteroatoms. The van der Waals surface area contributed by atoms with Crippen molar-refractivity contribution in [2.75, 3.05) is 6.54 Å². The van der Waals surface area contributed by atoms with Crippen molar-refractivity contribution in [3.05, 3.63) is 0 Å². The summed E-state index contributed by atoms with van der Waals surface area (Å²) in [6.45, 7) is 15.8. The highest BCUT2D eigenvalue weighted by Crippen LogP contribution is 2.63. The molecule has 4 unspecified atom stereocenters. The Labute approximate surface area is 133 Å². The van der Waals surface area contributed by atoms with Gasteiger partial charge in [-0.2, -0.15) is 0 Å². The smallest absolute Gasteiger partial charge is 0.00486 e. The van der Waals surface area contributed by atoms with Gasteiger partial charge in [0, 0.05) is 0 Å². The van der Waals surface area contributed by atoms with Gasteiger partial charge in [0.1, 0.15) is 0 Å². The van der Waals surface area contributed by atoms with Crippen molar-refractivity contribution in [1.29, 1.82) is 0 Å². The average Bonchev–Trinajstić information content (AvgIpc) is 2.76. The van der Waals surface area contributed by atoms with Crippen molar-refractivity contribution in [2.45, 2.75) is 80.1 Å². The maximum atomic E-state index is 6.00. The van der Waals surface area contributed by atoms with Crippen LogP contribution < -0.4 is 5.73 Å². The minimum atomic E-state index is 0.521. The number of fused-ring (bicyclic) bond motifs is 1. The van der Waals surface area contributed by atoms with Crippen molar-refractivity contribution < 1.29 is 0 Å². The van der Waals surface area contributed by atoms with Gasteiger partial charge in [0.2, 0.25) is 0 Å². The lowest BCUT2D eigenvalue weighted by molar-refractivity contribution is -0.0370. The normalized spacial score (nSPS) is 41.9. The summed E-state index contributed by atoms with van der Waals surface area (Å²) in [7, 11) is 0. The molecule has 2 fully saturated rings. The first-order valence-corrected chi connectivity index (χ1v) is 9.48. The molecule has 0 saturated heterocycles. The van der Waals surface area contributed by atoms with Gasteiger partial charge in [-0.1, -0.05) is 48.0 Å².